The van der Waals surface area contributed by atoms with E-state index in [0.29, 0.717) is 5.69 Å². The van der Waals surface area contributed by atoms with Gasteiger partial charge in [0.05, 0.1) is 5.56 Å². The van der Waals surface area contributed by atoms with Crippen LogP contribution in [0.5, 0.6) is 0 Å². The zero-order valence-corrected chi connectivity index (χ0v) is 11.2. The summed E-state index contributed by atoms with van der Waals surface area (Å²) in [6.45, 7) is 0.0662. The van der Waals surface area contributed by atoms with E-state index < -0.39 is 5.97 Å². The maximum Gasteiger partial charge on any atom is 0.335 e. The molecule has 3 amide bonds. The first kappa shape index (κ1) is 14.7. The zero-order valence-electron chi connectivity index (χ0n) is 11.2. The number of anilines is 1. The summed E-state index contributed by atoms with van der Waals surface area (Å²) in [4.78, 5) is 46.3. The van der Waals surface area contributed by atoms with Crippen LogP contribution >= 0.6 is 0 Å². The summed E-state index contributed by atoms with van der Waals surface area (Å²) in [5.41, 5.74) is 0.588. The molecule has 0 bridgehead atoms. The molecular formula is C14H14N2O5. The van der Waals surface area contributed by atoms with Crippen molar-refractivity contribution in [2.24, 2.45) is 0 Å². The van der Waals surface area contributed by atoms with Crippen molar-refractivity contribution in [1.82, 2.24) is 4.90 Å². The van der Waals surface area contributed by atoms with Crippen LogP contribution in [0.25, 0.3) is 0 Å². The van der Waals surface area contributed by atoms with E-state index in [4.69, 9.17) is 5.11 Å². The van der Waals surface area contributed by atoms with Crippen molar-refractivity contribution in [2.75, 3.05) is 11.9 Å². The van der Waals surface area contributed by atoms with E-state index in [1.807, 2.05) is 0 Å². The van der Waals surface area contributed by atoms with E-state index in [1.165, 1.54) is 24.3 Å². The number of hydrogen-bond acceptors (Lipinski definition) is 4. The molecule has 1 aliphatic rings. The normalized spacial score (nSPS) is 14.4. The monoisotopic (exact) mass is 290 g/mol. The van der Waals surface area contributed by atoms with E-state index in [-0.39, 0.29) is 49.1 Å². The van der Waals surface area contributed by atoms with Gasteiger partial charge in [0.15, 0.2) is 0 Å². The summed E-state index contributed by atoms with van der Waals surface area (Å²) in [5.74, 6) is -1.89. The molecule has 1 heterocycles. The number of amides is 3. The van der Waals surface area contributed by atoms with Gasteiger partial charge in [-0.05, 0) is 24.3 Å². The standard InChI is InChI=1S/C14H14N2O5/c17-11(7-8-16-12(18)5-6-13(16)19)15-10-3-1-9(2-4-10)14(20)21/h1-4H,5-8H2,(H,15,17)(H,20,21). The predicted molar refractivity (Wildman–Crippen MR) is 72.6 cm³/mol. The highest BCUT2D eigenvalue weighted by atomic mass is 16.4. The molecule has 1 aromatic carbocycles. The Morgan fingerprint density at radius 3 is 2.19 bits per heavy atom. The third-order valence-electron chi connectivity index (χ3n) is 3.13. The second-order valence-corrected chi connectivity index (χ2v) is 4.62. The Morgan fingerprint density at radius 1 is 1.10 bits per heavy atom. The van der Waals surface area contributed by atoms with Crippen LogP contribution in [0, 0.1) is 0 Å². The van der Waals surface area contributed by atoms with Crippen molar-refractivity contribution in [1.29, 1.82) is 0 Å². The van der Waals surface area contributed by atoms with Gasteiger partial charge in [0.1, 0.15) is 0 Å². The molecule has 2 rings (SSSR count). The number of hydrogen-bond donors (Lipinski definition) is 2. The highest BCUT2D eigenvalue weighted by Crippen LogP contribution is 2.13. The Labute approximate surface area is 120 Å². The lowest BCUT2D eigenvalue weighted by Gasteiger charge is -2.13. The van der Waals surface area contributed by atoms with Gasteiger partial charge in [-0.15, -0.1) is 0 Å². The molecule has 0 radical (unpaired) electrons. The van der Waals surface area contributed by atoms with Crippen LogP contribution in [0.15, 0.2) is 24.3 Å². The van der Waals surface area contributed by atoms with Crippen LogP contribution in [0.3, 0.4) is 0 Å². The lowest BCUT2D eigenvalue weighted by Crippen LogP contribution is -2.32. The minimum absolute atomic E-state index is 0.0121. The van der Waals surface area contributed by atoms with E-state index >= 15 is 0 Å². The Bertz CT molecular complexity index is 578. The number of imide groups is 1. The SMILES string of the molecule is O=C(CCN1C(=O)CCC1=O)Nc1ccc(C(=O)O)cc1. The largest absolute Gasteiger partial charge is 0.478 e. The molecule has 7 heteroatoms. The van der Waals surface area contributed by atoms with Crippen molar-refractivity contribution < 1.29 is 24.3 Å². The van der Waals surface area contributed by atoms with Crippen LogP contribution in [-0.2, 0) is 14.4 Å². The fraction of sp³-hybridized carbons (Fsp3) is 0.286. The highest BCUT2D eigenvalue weighted by molar-refractivity contribution is 6.02. The van der Waals surface area contributed by atoms with Gasteiger partial charge in [-0.3, -0.25) is 19.3 Å². The first-order valence-corrected chi connectivity index (χ1v) is 6.44. The number of carboxylic acid groups (broad SMARTS) is 1. The summed E-state index contributed by atoms with van der Waals surface area (Å²) in [5, 5.41) is 11.3. The zero-order chi connectivity index (χ0) is 15.4. The maximum absolute atomic E-state index is 11.7. The van der Waals surface area contributed by atoms with Gasteiger partial charge in [0, 0.05) is 31.5 Å². The Kier molecular flexibility index (Phi) is 4.32. The molecule has 1 fully saturated rings. The van der Waals surface area contributed by atoms with Crippen molar-refractivity contribution in [3.8, 4) is 0 Å². The van der Waals surface area contributed by atoms with Crippen molar-refractivity contribution in [2.45, 2.75) is 19.3 Å². The fourth-order valence-corrected chi connectivity index (χ4v) is 2.01. The predicted octanol–water partition coefficient (Wildman–Crippen LogP) is 0.862. The molecule has 0 unspecified atom stereocenters. The molecule has 0 spiro atoms. The minimum Gasteiger partial charge on any atom is -0.478 e. The van der Waals surface area contributed by atoms with E-state index in [9.17, 15) is 19.2 Å². The number of likely N-dealkylation sites (tertiary alicyclic amines) is 1. The van der Waals surface area contributed by atoms with Gasteiger partial charge in [-0.2, -0.15) is 0 Å². The van der Waals surface area contributed by atoms with Crippen molar-refractivity contribution in [3.05, 3.63) is 29.8 Å². The first-order chi connectivity index (χ1) is 9.97. The van der Waals surface area contributed by atoms with Crippen LogP contribution in [0.2, 0.25) is 0 Å². The van der Waals surface area contributed by atoms with Crippen LogP contribution in [-0.4, -0.2) is 40.2 Å². The van der Waals surface area contributed by atoms with Crippen LogP contribution in [0.4, 0.5) is 5.69 Å². The molecule has 2 N–H and O–H groups in total. The molecule has 7 nitrogen and oxygen atoms in total. The van der Waals surface area contributed by atoms with E-state index in [1.54, 1.807) is 0 Å². The molecule has 1 saturated heterocycles. The number of benzene rings is 1. The lowest BCUT2D eigenvalue weighted by atomic mass is 10.2. The molecule has 110 valence electrons. The molecule has 0 saturated carbocycles. The molecule has 0 aliphatic carbocycles. The average molecular weight is 290 g/mol. The van der Waals surface area contributed by atoms with E-state index in [2.05, 4.69) is 5.32 Å². The molecule has 21 heavy (non-hydrogen) atoms. The smallest absolute Gasteiger partial charge is 0.335 e. The summed E-state index contributed by atoms with van der Waals surface area (Å²) in [7, 11) is 0. The number of carboxylic acids is 1. The number of nitrogens with zero attached hydrogens (tertiary/aromatic N) is 1. The number of carbonyl (C=O) groups excluding carboxylic acids is 3. The highest BCUT2D eigenvalue weighted by Gasteiger charge is 2.28. The second-order valence-electron chi connectivity index (χ2n) is 4.62. The molecule has 1 aliphatic heterocycles. The number of carbonyl (C=O) groups is 4. The van der Waals surface area contributed by atoms with Gasteiger partial charge in [0.25, 0.3) is 0 Å². The first-order valence-electron chi connectivity index (χ1n) is 6.44. The topological polar surface area (TPSA) is 104 Å². The summed E-state index contributed by atoms with van der Waals surface area (Å²) in [6, 6.07) is 5.72. The maximum atomic E-state index is 11.7. The molecule has 1 aromatic rings. The third kappa shape index (κ3) is 3.65. The summed E-state index contributed by atoms with van der Waals surface area (Å²) >= 11 is 0. The Hall–Kier alpha value is -2.70. The van der Waals surface area contributed by atoms with Gasteiger partial charge < -0.3 is 10.4 Å². The third-order valence-corrected chi connectivity index (χ3v) is 3.13. The fourth-order valence-electron chi connectivity index (χ4n) is 2.01. The van der Waals surface area contributed by atoms with Crippen LogP contribution in [0.1, 0.15) is 29.6 Å². The number of rotatable bonds is 5. The molecular weight excluding hydrogens is 276 g/mol. The quantitative estimate of drug-likeness (QED) is 0.783. The summed E-state index contributed by atoms with van der Waals surface area (Å²) in [6.07, 6.45) is 0.423. The Balaban J connectivity index is 1.85. The minimum atomic E-state index is -1.04. The van der Waals surface area contributed by atoms with Crippen molar-refractivity contribution in [3.63, 3.8) is 0 Å². The summed E-state index contributed by atoms with van der Waals surface area (Å²) < 4.78 is 0. The lowest BCUT2D eigenvalue weighted by molar-refractivity contribution is -0.138. The van der Waals surface area contributed by atoms with Gasteiger partial charge in [0.2, 0.25) is 17.7 Å². The van der Waals surface area contributed by atoms with E-state index in [0.717, 1.165) is 4.90 Å². The van der Waals surface area contributed by atoms with Gasteiger partial charge in [-0.25, -0.2) is 4.79 Å². The Morgan fingerprint density at radius 2 is 1.67 bits per heavy atom. The van der Waals surface area contributed by atoms with Gasteiger partial charge >= 0.3 is 5.97 Å². The average Bonchev–Trinajstić information content (AvgIpc) is 2.76. The molecule has 0 atom stereocenters. The van der Waals surface area contributed by atoms with Crippen molar-refractivity contribution >= 4 is 29.4 Å². The van der Waals surface area contributed by atoms with Gasteiger partial charge in [-0.1, -0.05) is 0 Å². The number of aromatic carboxylic acids is 1. The molecule has 0 aromatic heterocycles. The number of nitrogens with one attached hydrogen (secondary N) is 1. The van der Waals surface area contributed by atoms with Crippen LogP contribution < -0.4 is 5.32 Å². The second kappa shape index (κ2) is 6.17.